The van der Waals surface area contributed by atoms with Crippen LogP contribution in [0.3, 0.4) is 0 Å². The van der Waals surface area contributed by atoms with E-state index in [1.165, 1.54) is 4.57 Å². The molecule has 0 aliphatic carbocycles. The Morgan fingerprint density at radius 2 is 0.865 bits per heavy atom. The first-order valence-electron chi connectivity index (χ1n) is 33.1. The Bertz CT molecular complexity index is 5710. The Morgan fingerprint density at radius 3 is 1.38 bits per heavy atom. The number of hydrogen-bond donors (Lipinski definition) is 6. The molecule has 3 amide bonds. The standard InChI is InChI=1S/C27H24Cl2N4O3.C26H22Cl2N4O3.C25H20Cl2N4O2/c1-32-23-10-8-18(28)15-19(23)25(30-22(26(32)35)13-16-5-2-3-6-20(16)29)17-7-9-21-24(14-17)33(11-4-12-34)27(36)31-21;1-31-23-13-16(6-8-20(23)30-26(31)35)24-18-14-17(27)7-9-22(18)32(10-11-33)25(34)21(29-24)12-15-4-2-3-5-19(15)28;1-13-9-16(26)12-17-22(13)30-24(32)20(10-14-5-3-4-6-18(14)27)28-23(17)15-7-8-19-21(11-15)31(2)25(33)29-19/h2-3,5-10,14-15,22,34H,4,11-13H2,1H3,(H,31,36);2-9,13-14,21,33H,10-12H2,1H3,(H,30,35);3-9,11-12,20H,10H2,1-2H3,(H,29,33)(H,30,32). The van der Waals surface area contributed by atoms with Gasteiger partial charge in [-0.2, -0.15) is 0 Å². The molecular formula is C78H66Cl6N12O8. The number of nitrogens with one attached hydrogen (secondary N) is 4. The summed E-state index contributed by atoms with van der Waals surface area (Å²) in [6, 6.07) is 51.0. The molecule has 9 aromatic carbocycles. The fourth-order valence-corrected chi connectivity index (χ4v) is 14.5. The highest BCUT2D eigenvalue weighted by Crippen LogP contribution is 2.37. The first kappa shape index (κ1) is 72.2. The third kappa shape index (κ3) is 14.7. The number of aromatic amines is 3. The number of amides is 3. The van der Waals surface area contributed by atoms with Gasteiger partial charge in [-0.05, 0) is 139 Å². The summed E-state index contributed by atoms with van der Waals surface area (Å²) in [5, 5.41) is 25.3. The second-order valence-corrected chi connectivity index (χ2v) is 27.8. The number of benzodiazepines with no additional fused rings is 3. The monoisotopic (exact) mass is 1510 g/mol. The van der Waals surface area contributed by atoms with Crippen LogP contribution in [0.2, 0.25) is 30.1 Å². The summed E-state index contributed by atoms with van der Waals surface area (Å²) < 4.78 is 4.67. The van der Waals surface area contributed by atoms with Crippen molar-refractivity contribution in [2.75, 3.05) is 41.9 Å². The molecule has 0 saturated heterocycles. The fourth-order valence-electron chi connectivity index (χ4n) is 13.2. The number of H-pyrrole nitrogens is 3. The number of aryl methyl sites for hydroxylation is 4. The van der Waals surface area contributed by atoms with Crippen molar-refractivity contribution >= 4 is 155 Å². The van der Waals surface area contributed by atoms with Crippen LogP contribution >= 0.6 is 69.6 Å². The lowest BCUT2D eigenvalue weighted by Gasteiger charge is -2.24. The molecule has 6 heterocycles. The smallest absolute Gasteiger partial charge is 0.326 e. The van der Waals surface area contributed by atoms with Gasteiger partial charge < -0.3 is 40.3 Å². The second kappa shape index (κ2) is 30.7. The molecule has 0 bridgehead atoms. The van der Waals surface area contributed by atoms with Gasteiger partial charge in [0.05, 0.1) is 73.9 Å². The van der Waals surface area contributed by atoms with E-state index in [4.69, 9.17) is 84.6 Å². The maximum Gasteiger partial charge on any atom is 0.326 e. The molecule has 3 aliphatic rings. The van der Waals surface area contributed by atoms with Crippen molar-refractivity contribution in [3.8, 4) is 0 Å². The van der Waals surface area contributed by atoms with Gasteiger partial charge in [-0.15, -0.1) is 0 Å². The van der Waals surface area contributed by atoms with Crippen molar-refractivity contribution in [3.63, 3.8) is 0 Å². The highest BCUT2D eigenvalue weighted by Gasteiger charge is 2.35. The zero-order valence-corrected chi connectivity index (χ0v) is 60.9. The van der Waals surface area contributed by atoms with Gasteiger partial charge in [0.15, 0.2) is 0 Å². The highest BCUT2D eigenvalue weighted by molar-refractivity contribution is 6.34. The molecule has 104 heavy (non-hydrogen) atoms. The molecule has 0 radical (unpaired) electrons. The average Bonchev–Trinajstić information content (AvgIpc) is 1.45. The SMILES string of the molecule is CN1C(=O)C(Cc2ccccc2Cl)N=C(c2ccc3[nH]c(=O)n(CCCO)c3c2)c2cc(Cl)ccc21.Cc1cc(Cl)cc2c1NC(=O)C(Cc1ccccc1Cl)N=C2c1ccc2[nH]c(=O)n(C)c2c1.Cn1c(=O)[nH]c2ccc(C3=NC(Cc4ccccc4Cl)C(=O)N(CCO)c4ccc(Cl)cc43)cc21. The van der Waals surface area contributed by atoms with Gasteiger partial charge in [0.25, 0.3) is 11.8 Å². The van der Waals surface area contributed by atoms with E-state index in [0.717, 1.165) is 61.1 Å². The van der Waals surface area contributed by atoms with Gasteiger partial charge in [0.2, 0.25) is 5.91 Å². The molecule has 12 aromatic rings. The van der Waals surface area contributed by atoms with Crippen LogP contribution in [-0.4, -0.2) is 119 Å². The molecule has 26 heteroatoms. The number of carbonyl (C=O) groups excluding carboxylic acids is 3. The van der Waals surface area contributed by atoms with Gasteiger partial charge in [0.1, 0.15) is 18.1 Å². The van der Waals surface area contributed by atoms with Gasteiger partial charge in [-0.3, -0.25) is 43.1 Å². The number of benzene rings is 9. The number of aliphatic hydroxyl groups is 2. The van der Waals surface area contributed by atoms with Crippen molar-refractivity contribution in [2.24, 2.45) is 29.1 Å². The Hall–Kier alpha value is -10.1. The fraction of sp³-hybridized carbons (Fsp3) is 0.192. The van der Waals surface area contributed by atoms with E-state index in [1.807, 2.05) is 128 Å². The summed E-state index contributed by atoms with van der Waals surface area (Å²) in [6.07, 6.45) is 1.43. The number of fused-ring (bicyclic) bond motifs is 6. The first-order chi connectivity index (χ1) is 50.0. The average molecular weight is 1510 g/mol. The van der Waals surface area contributed by atoms with Crippen LogP contribution < -0.4 is 32.2 Å². The molecule has 20 nitrogen and oxygen atoms in total. The lowest BCUT2D eigenvalue weighted by Crippen LogP contribution is -2.40. The largest absolute Gasteiger partial charge is 0.396 e. The molecule has 528 valence electrons. The first-order valence-corrected chi connectivity index (χ1v) is 35.4. The van der Waals surface area contributed by atoms with Crippen LogP contribution in [0.1, 0.15) is 62.1 Å². The minimum absolute atomic E-state index is 0.0183. The lowest BCUT2D eigenvalue weighted by molar-refractivity contribution is -0.120. The van der Waals surface area contributed by atoms with Crippen LogP contribution in [0.4, 0.5) is 17.1 Å². The number of aliphatic imine (C=N–C) groups is 3. The second-order valence-electron chi connectivity index (χ2n) is 25.3. The molecular weight excluding hydrogens is 1450 g/mol. The topological polar surface area (TPSA) is 261 Å². The summed E-state index contributed by atoms with van der Waals surface area (Å²) in [6.45, 7) is 2.16. The molecule has 0 spiro atoms. The van der Waals surface area contributed by atoms with E-state index < -0.39 is 18.1 Å². The number of anilines is 3. The number of rotatable bonds is 14. The van der Waals surface area contributed by atoms with Crippen LogP contribution in [0, 0.1) is 6.92 Å². The molecule has 0 fully saturated rings. The van der Waals surface area contributed by atoms with Crippen LogP contribution in [0.15, 0.2) is 205 Å². The molecule has 15 rings (SSSR count). The maximum atomic E-state index is 13.7. The van der Waals surface area contributed by atoms with Gasteiger partial charge in [0, 0.05) is 124 Å². The number of β-amino-alcohol motifs (C(OH)–C–C–N with tert-alkyl or cyclic N) is 1. The van der Waals surface area contributed by atoms with E-state index in [1.54, 1.807) is 94.7 Å². The third-order valence-electron chi connectivity index (χ3n) is 18.6. The molecule has 3 aliphatic heterocycles. The van der Waals surface area contributed by atoms with Gasteiger partial charge >= 0.3 is 17.1 Å². The number of likely N-dealkylation sites (N-methyl/N-ethyl adjacent to an activating group) is 1. The van der Waals surface area contributed by atoms with Crippen molar-refractivity contribution in [1.82, 2.24) is 28.7 Å². The number of nitrogens with zero attached hydrogens (tertiary/aromatic N) is 8. The molecule has 6 N–H and O–H groups in total. The van der Waals surface area contributed by atoms with E-state index >= 15 is 0 Å². The van der Waals surface area contributed by atoms with Crippen LogP contribution in [-0.2, 0) is 54.3 Å². The van der Waals surface area contributed by atoms with E-state index in [-0.39, 0.29) is 61.0 Å². The molecule has 0 saturated carbocycles. The lowest BCUT2D eigenvalue weighted by atomic mass is 9.97. The zero-order valence-electron chi connectivity index (χ0n) is 56.3. The number of imidazole rings is 3. The van der Waals surface area contributed by atoms with E-state index in [2.05, 4.69) is 20.3 Å². The van der Waals surface area contributed by atoms with Crippen LogP contribution in [0.25, 0.3) is 33.1 Å². The van der Waals surface area contributed by atoms with Crippen molar-refractivity contribution in [2.45, 2.75) is 57.3 Å². The summed E-state index contributed by atoms with van der Waals surface area (Å²) in [5.41, 5.74) is 15.1. The minimum atomic E-state index is -0.784. The summed E-state index contributed by atoms with van der Waals surface area (Å²) in [4.78, 5) is 104. The Morgan fingerprint density at radius 1 is 0.433 bits per heavy atom. The van der Waals surface area contributed by atoms with Crippen molar-refractivity contribution in [1.29, 1.82) is 0 Å². The molecule has 3 aromatic heterocycles. The number of aliphatic hydroxyl groups excluding tert-OH is 2. The normalized spacial score (nSPS) is 15.7. The number of carbonyl (C=O) groups is 3. The van der Waals surface area contributed by atoms with Gasteiger partial charge in [-0.1, -0.05) is 142 Å². The third-order valence-corrected chi connectivity index (χ3v) is 20.4. The predicted octanol–water partition coefficient (Wildman–Crippen LogP) is 13.3. The zero-order chi connectivity index (χ0) is 73.4. The number of hydrogen-bond acceptors (Lipinski definition) is 11. The number of halogens is 6. The summed E-state index contributed by atoms with van der Waals surface area (Å²) in [5.74, 6) is -0.615. The summed E-state index contributed by atoms with van der Waals surface area (Å²) in [7, 11) is 5.13. The quantitative estimate of drug-likeness (QED) is 0.0608. The van der Waals surface area contributed by atoms with Crippen molar-refractivity contribution < 1.29 is 24.6 Å². The Labute approximate surface area is 625 Å². The Balaban J connectivity index is 0.000000139. The molecule has 3 unspecified atom stereocenters. The minimum Gasteiger partial charge on any atom is -0.396 e. The van der Waals surface area contributed by atoms with E-state index in [9.17, 15) is 39.0 Å². The van der Waals surface area contributed by atoms with Crippen LogP contribution in [0.5, 0.6) is 0 Å². The Kier molecular flexibility index (Phi) is 21.3. The van der Waals surface area contributed by atoms with E-state index in [0.29, 0.717) is 118 Å². The van der Waals surface area contributed by atoms with Crippen molar-refractivity contribution in [3.05, 3.63) is 293 Å². The highest BCUT2D eigenvalue weighted by atomic mass is 35.5. The predicted molar refractivity (Wildman–Crippen MR) is 416 cm³/mol. The maximum absolute atomic E-state index is 13.7. The van der Waals surface area contributed by atoms with Gasteiger partial charge in [-0.25, -0.2) is 14.4 Å². The molecule has 3 atom stereocenters. The number of aromatic nitrogens is 6. The summed E-state index contributed by atoms with van der Waals surface area (Å²) >= 11 is 38.4.